The van der Waals surface area contributed by atoms with Crippen LogP contribution in [0.1, 0.15) is 33.6 Å². The molecule has 3 nitrogen and oxygen atoms in total. The highest BCUT2D eigenvalue weighted by Gasteiger charge is 2.20. The molecule has 3 rings (SSSR count). The van der Waals surface area contributed by atoms with E-state index < -0.39 is 0 Å². The van der Waals surface area contributed by atoms with Crippen molar-refractivity contribution >= 4 is 17.5 Å². The summed E-state index contributed by atoms with van der Waals surface area (Å²) in [5.41, 5.74) is 4.05. The smallest absolute Gasteiger partial charge is 0.251 e. The van der Waals surface area contributed by atoms with Crippen LogP contribution in [0, 0.1) is 6.92 Å². The molecule has 1 atom stereocenters. The number of pyridine rings is 1. The average Bonchev–Trinajstić information content (AvgIpc) is 2.46. The van der Waals surface area contributed by atoms with Gasteiger partial charge in [-0.15, -0.1) is 0 Å². The maximum Gasteiger partial charge on any atom is 0.251 e. The first-order chi connectivity index (χ1) is 10.1. The number of amides is 1. The molecule has 1 N–H and O–H groups in total. The van der Waals surface area contributed by atoms with E-state index >= 15 is 0 Å². The first-order valence-corrected chi connectivity index (χ1v) is 7.51. The van der Waals surface area contributed by atoms with E-state index in [2.05, 4.69) is 34.6 Å². The Kier molecular flexibility index (Phi) is 3.93. The van der Waals surface area contributed by atoms with E-state index in [-0.39, 0.29) is 11.9 Å². The molecule has 1 aliphatic carbocycles. The Labute approximate surface area is 129 Å². The Hall–Kier alpha value is -1.87. The third-order valence-corrected chi connectivity index (χ3v) is 4.06. The van der Waals surface area contributed by atoms with Crippen molar-refractivity contribution < 1.29 is 4.79 Å². The van der Waals surface area contributed by atoms with Gasteiger partial charge in [-0.2, -0.15) is 0 Å². The number of halogens is 1. The van der Waals surface area contributed by atoms with Crippen molar-refractivity contribution in [2.75, 3.05) is 0 Å². The Morgan fingerprint density at radius 3 is 2.81 bits per heavy atom. The summed E-state index contributed by atoms with van der Waals surface area (Å²) in [5, 5.41) is 3.46. The number of aromatic nitrogens is 1. The maximum atomic E-state index is 12.3. The molecular weight excluding hydrogens is 284 g/mol. The topological polar surface area (TPSA) is 42.0 Å². The van der Waals surface area contributed by atoms with Crippen LogP contribution in [0.3, 0.4) is 0 Å². The number of rotatable bonds is 2. The largest absolute Gasteiger partial charge is 0.349 e. The lowest BCUT2D eigenvalue weighted by Crippen LogP contribution is -2.38. The molecule has 0 saturated carbocycles. The van der Waals surface area contributed by atoms with Crippen molar-refractivity contribution in [2.24, 2.45) is 0 Å². The van der Waals surface area contributed by atoms with Crippen molar-refractivity contribution in [1.82, 2.24) is 10.3 Å². The van der Waals surface area contributed by atoms with Crippen LogP contribution in [-0.4, -0.2) is 16.9 Å². The molecule has 1 amide bonds. The fourth-order valence-corrected chi connectivity index (χ4v) is 3.10. The molecule has 0 spiro atoms. The van der Waals surface area contributed by atoms with Crippen molar-refractivity contribution in [3.8, 4) is 0 Å². The van der Waals surface area contributed by atoms with Crippen LogP contribution in [0.5, 0.6) is 0 Å². The normalized spacial score (nSPS) is 17.1. The van der Waals surface area contributed by atoms with Crippen molar-refractivity contribution in [2.45, 2.75) is 32.2 Å². The van der Waals surface area contributed by atoms with Crippen LogP contribution in [0.2, 0.25) is 5.15 Å². The van der Waals surface area contributed by atoms with E-state index in [9.17, 15) is 4.79 Å². The lowest BCUT2D eigenvalue weighted by Gasteiger charge is -2.25. The molecule has 0 radical (unpaired) electrons. The molecule has 108 valence electrons. The van der Waals surface area contributed by atoms with Gasteiger partial charge in [-0.05, 0) is 49.4 Å². The summed E-state index contributed by atoms with van der Waals surface area (Å²) in [4.78, 5) is 16.4. The minimum Gasteiger partial charge on any atom is -0.349 e. The van der Waals surface area contributed by atoms with Crippen molar-refractivity contribution in [3.05, 3.63) is 63.9 Å². The fraction of sp³-hybridized carbons (Fsp3) is 0.294. The maximum absolute atomic E-state index is 12.3. The van der Waals surface area contributed by atoms with E-state index in [0.29, 0.717) is 10.7 Å². The van der Waals surface area contributed by atoms with Crippen molar-refractivity contribution in [3.63, 3.8) is 0 Å². The number of hydrogen-bond acceptors (Lipinski definition) is 2. The van der Waals surface area contributed by atoms with E-state index in [1.165, 1.54) is 11.1 Å². The van der Waals surface area contributed by atoms with E-state index in [1.54, 1.807) is 12.1 Å². The molecule has 4 heteroatoms. The quantitative estimate of drug-likeness (QED) is 0.864. The molecule has 2 aromatic rings. The predicted octanol–water partition coefficient (Wildman–Crippen LogP) is 3.33. The fourth-order valence-electron chi connectivity index (χ4n) is 2.85. The number of fused-ring (bicyclic) bond motifs is 1. The zero-order valence-corrected chi connectivity index (χ0v) is 12.7. The summed E-state index contributed by atoms with van der Waals surface area (Å²) >= 11 is 5.91. The van der Waals surface area contributed by atoms with E-state index in [4.69, 9.17) is 11.6 Å². The van der Waals surface area contributed by atoms with Gasteiger partial charge in [-0.3, -0.25) is 4.79 Å². The second kappa shape index (κ2) is 5.86. The third-order valence-electron chi connectivity index (χ3n) is 3.87. The van der Waals surface area contributed by atoms with Crippen LogP contribution >= 0.6 is 11.6 Å². The molecule has 1 heterocycles. The van der Waals surface area contributed by atoms with Gasteiger partial charge in [-0.25, -0.2) is 4.98 Å². The van der Waals surface area contributed by atoms with Gasteiger partial charge in [-0.1, -0.05) is 35.9 Å². The van der Waals surface area contributed by atoms with Crippen LogP contribution in [0.4, 0.5) is 0 Å². The second-order valence-electron chi connectivity index (χ2n) is 5.50. The molecular formula is C17H17ClN2O. The number of aryl methyl sites for hydroxylation is 2. The molecule has 1 aromatic carbocycles. The monoisotopic (exact) mass is 300 g/mol. The highest BCUT2D eigenvalue weighted by atomic mass is 35.5. The van der Waals surface area contributed by atoms with Gasteiger partial charge in [0.1, 0.15) is 5.15 Å². The minimum atomic E-state index is -0.0771. The number of nitrogens with one attached hydrogen (secondary N) is 1. The van der Waals surface area contributed by atoms with Gasteiger partial charge in [0, 0.05) is 17.3 Å². The van der Waals surface area contributed by atoms with Gasteiger partial charge >= 0.3 is 0 Å². The Bertz CT molecular complexity index is 664. The molecule has 21 heavy (non-hydrogen) atoms. The number of hydrogen-bond donors (Lipinski definition) is 1. The summed E-state index contributed by atoms with van der Waals surface area (Å²) < 4.78 is 0. The lowest BCUT2D eigenvalue weighted by atomic mass is 9.88. The third kappa shape index (κ3) is 3.24. The summed E-state index contributed by atoms with van der Waals surface area (Å²) in [6.07, 6.45) is 2.87. The molecule has 0 aliphatic heterocycles. The molecule has 1 aliphatic rings. The Balaban J connectivity index is 1.71. The average molecular weight is 301 g/mol. The van der Waals surface area contributed by atoms with Crippen LogP contribution in [0.15, 0.2) is 36.4 Å². The summed E-state index contributed by atoms with van der Waals surface area (Å²) in [6.45, 7) is 1.83. The van der Waals surface area contributed by atoms with Gasteiger partial charge in [0.25, 0.3) is 5.91 Å². The van der Waals surface area contributed by atoms with Gasteiger partial charge in [0.2, 0.25) is 0 Å². The van der Waals surface area contributed by atoms with Gasteiger partial charge in [0.05, 0.1) is 0 Å². The Morgan fingerprint density at radius 2 is 2.05 bits per heavy atom. The summed E-state index contributed by atoms with van der Waals surface area (Å²) in [5.74, 6) is -0.0771. The molecule has 0 bridgehead atoms. The first-order valence-electron chi connectivity index (χ1n) is 7.13. The number of nitrogens with zero attached hydrogens (tertiary/aromatic N) is 1. The van der Waals surface area contributed by atoms with E-state index in [0.717, 1.165) is 25.0 Å². The number of carbonyl (C=O) groups excluding carboxylic acids is 1. The number of benzene rings is 1. The van der Waals surface area contributed by atoms with Gasteiger partial charge in [0.15, 0.2) is 0 Å². The summed E-state index contributed by atoms with van der Waals surface area (Å²) in [6, 6.07) is 12.0. The van der Waals surface area contributed by atoms with Crippen LogP contribution in [0.25, 0.3) is 0 Å². The predicted molar refractivity (Wildman–Crippen MR) is 83.7 cm³/mol. The highest BCUT2D eigenvalue weighted by Crippen LogP contribution is 2.21. The summed E-state index contributed by atoms with van der Waals surface area (Å²) in [7, 11) is 0. The second-order valence-corrected chi connectivity index (χ2v) is 5.89. The first kappa shape index (κ1) is 14.1. The van der Waals surface area contributed by atoms with Crippen LogP contribution in [-0.2, 0) is 12.8 Å². The Morgan fingerprint density at radius 1 is 1.29 bits per heavy atom. The van der Waals surface area contributed by atoms with E-state index in [1.807, 2.05) is 6.92 Å². The SMILES string of the molecule is Cc1cc(C(=O)NC2CCc3ccccc3C2)cc(Cl)n1. The molecule has 0 saturated heterocycles. The standard InChI is InChI=1S/C17H17ClN2O/c1-11-8-14(10-16(18)19-11)17(21)20-15-7-6-12-4-2-3-5-13(12)9-15/h2-5,8,10,15H,6-7,9H2,1H3,(H,20,21). The van der Waals surface area contributed by atoms with Gasteiger partial charge < -0.3 is 5.32 Å². The zero-order chi connectivity index (χ0) is 14.8. The molecule has 1 aromatic heterocycles. The van der Waals surface area contributed by atoms with Crippen molar-refractivity contribution in [1.29, 1.82) is 0 Å². The molecule has 1 unspecified atom stereocenters. The van der Waals surface area contributed by atoms with Crippen LogP contribution < -0.4 is 5.32 Å². The number of carbonyl (C=O) groups is 1. The highest BCUT2D eigenvalue weighted by molar-refractivity contribution is 6.29. The lowest BCUT2D eigenvalue weighted by molar-refractivity contribution is 0.0933. The minimum absolute atomic E-state index is 0.0771. The zero-order valence-electron chi connectivity index (χ0n) is 11.9. The molecule has 0 fully saturated rings.